The zero-order valence-electron chi connectivity index (χ0n) is 9.64. The van der Waals surface area contributed by atoms with Gasteiger partial charge in [0.15, 0.2) is 0 Å². The molecule has 1 saturated carbocycles. The normalized spacial score (nSPS) is 15.6. The zero-order chi connectivity index (χ0) is 12.5. The summed E-state index contributed by atoms with van der Waals surface area (Å²) in [7, 11) is -3.26. The lowest BCUT2D eigenvalue weighted by Crippen LogP contribution is -2.11. The second-order valence-electron chi connectivity index (χ2n) is 4.22. The first-order valence-corrected chi connectivity index (χ1v) is 7.34. The molecule has 1 aliphatic carbocycles. The standard InChI is InChI=1S/C11H16N2O3S/c1-17(14,15)13-9-2-5-11(8(6-9)7-12)16-10-3-4-10/h2,5-6,10,13H,3-4,7,12H2,1H3. The van der Waals surface area contributed by atoms with Crippen molar-refractivity contribution in [2.75, 3.05) is 11.0 Å². The number of hydrogen-bond donors (Lipinski definition) is 2. The highest BCUT2D eigenvalue weighted by molar-refractivity contribution is 7.92. The van der Waals surface area contributed by atoms with Crippen molar-refractivity contribution in [3.05, 3.63) is 23.8 Å². The lowest BCUT2D eigenvalue weighted by Gasteiger charge is -2.12. The SMILES string of the molecule is CS(=O)(=O)Nc1ccc(OC2CC2)c(CN)c1. The van der Waals surface area contributed by atoms with Crippen molar-refractivity contribution in [3.8, 4) is 5.75 Å². The third-order valence-corrected chi connectivity index (χ3v) is 3.01. The van der Waals surface area contributed by atoms with Gasteiger partial charge in [0.05, 0.1) is 12.4 Å². The van der Waals surface area contributed by atoms with Crippen molar-refractivity contribution in [2.24, 2.45) is 5.73 Å². The Balaban J connectivity index is 2.20. The summed E-state index contributed by atoms with van der Waals surface area (Å²) < 4.78 is 30.3. The van der Waals surface area contributed by atoms with Gasteiger partial charge in [-0.15, -0.1) is 0 Å². The van der Waals surface area contributed by atoms with Crippen LogP contribution in [0.5, 0.6) is 5.75 Å². The molecule has 6 heteroatoms. The van der Waals surface area contributed by atoms with E-state index in [1.807, 2.05) is 0 Å². The predicted octanol–water partition coefficient (Wildman–Crippen LogP) is 1.06. The molecule has 1 fully saturated rings. The van der Waals surface area contributed by atoms with Gasteiger partial charge in [-0.05, 0) is 31.0 Å². The van der Waals surface area contributed by atoms with Crippen molar-refractivity contribution in [3.63, 3.8) is 0 Å². The largest absolute Gasteiger partial charge is 0.490 e. The first-order chi connectivity index (χ1) is 7.98. The Morgan fingerprint density at radius 3 is 2.71 bits per heavy atom. The van der Waals surface area contributed by atoms with Crippen molar-refractivity contribution in [2.45, 2.75) is 25.5 Å². The smallest absolute Gasteiger partial charge is 0.229 e. The van der Waals surface area contributed by atoms with Gasteiger partial charge in [0, 0.05) is 17.8 Å². The molecular formula is C11H16N2O3S. The van der Waals surface area contributed by atoms with Crippen LogP contribution in [-0.4, -0.2) is 20.8 Å². The summed E-state index contributed by atoms with van der Waals surface area (Å²) in [6.07, 6.45) is 3.57. The van der Waals surface area contributed by atoms with Gasteiger partial charge in [0.1, 0.15) is 5.75 Å². The summed E-state index contributed by atoms with van der Waals surface area (Å²) in [6.45, 7) is 0.321. The molecular weight excluding hydrogens is 240 g/mol. The van der Waals surface area contributed by atoms with Gasteiger partial charge in [0.2, 0.25) is 10.0 Å². The van der Waals surface area contributed by atoms with E-state index < -0.39 is 10.0 Å². The van der Waals surface area contributed by atoms with E-state index in [0.717, 1.165) is 30.4 Å². The zero-order valence-corrected chi connectivity index (χ0v) is 10.5. The predicted molar refractivity (Wildman–Crippen MR) is 66.4 cm³/mol. The minimum absolute atomic E-state index is 0.300. The third kappa shape index (κ3) is 3.61. The fourth-order valence-electron chi connectivity index (χ4n) is 1.50. The molecule has 1 aliphatic rings. The Morgan fingerprint density at radius 2 is 2.18 bits per heavy atom. The molecule has 1 aromatic carbocycles. The number of hydrogen-bond acceptors (Lipinski definition) is 4. The van der Waals surface area contributed by atoms with Crippen LogP contribution in [0.25, 0.3) is 0 Å². The number of sulfonamides is 1. The van der Waals surface area contributed by atoms with Gasteiger partial charge in [-0.3, -0.25) is 4.72 Å². The van der Waals surface area contributed by atoms with E-state index in [-0.39, 0.29) is 0 Å². The minimum Gasteiger partial charge on any atom is -0.490 e. The Hall–Kier alpha value is -1.27. The molecule has 17 heavy (non-hydrogen) atoms. The molecule has 0 atom stereocenters. The van der Waals surface area contributed by atoms with E-state index in [1.165, 1.54) is 0 Å². The minimum atomic E-state index is -3.26. The Kier molecular flexibility index (Phi) is 3.26. The van der Waals surface area contributed by atoms with Crippen LogP contribution in [0.2, 0.25) is 0 Å². The molecule has 0 aliphatic heterocycles. The summed E-state index contributed by atoms with van der Waals surface area (Å²) in [5.41, 5.74) is 6.94. The van der Waals surface area contributed by atoms with Crippen LogP contribution in [0, 0.1) is 0 Å². The van der Waals surface area contributed by atoms with Crippen LogP contribution in [0.4, 0.5) is 5.69 Å². The molecule has 0 spiro atoms. The van der Waals surface area contributed by atoms with Crippen LogP contribution >= 0.6 is 0 Å². The van der Waals surface area contributed by atoms with Crippen molar-refractivity contribution < 1.29 is 13.2 Å². The fourth-order valence-corrected chi connectivity index (χ4v) is 2.05. The molecule has 0 radical (unpaired) electrons. The highest BCUT2D eigenvalue weighted by atomic mass is 32.2. The highest BCUT2D eigenvalue weighted by Gasteiger charge is 2.24. The Bertz CT molecular complexity index is 509. The lowest BCUT2D eigenvalue weighted by molar-refractivity contribution is 0.300. The third-order valence-electron chi connectivity index (χ3n) is 2.40. The van der Waals surface area contributed by atoms with Gasteiger partial charge in [-0.25, -0.2) is 8.42 Å². The number of anilines is 1. The van der Waals surface area contributed by atoms with Gasteiger partial charge in [-0.2, -0.15) is 0 Å². The summed E-state index contributed by atoms with van der Waals surface area (Å²) in [5, 5.41) is 0. The van der Waals surface area contributed by atoms with Crippen molar-refractivity contribution >= 4 is 15.7 Å². The van der Waals surface area contributed by atoms with Gasteiger partial charge < -0.3 is 10.5 Å². The van der Waals surface area contributed by atoms with Crippen LogP contribution in [0.15, 0.2) is 18.2 Å². The molecule has 0 amide bonds. The molecule has 5 nitrogen and oxygen atoms in total. The van der Waals surface area contributed by atoms with Gasteiger partial charge in [0.25, 0.3) is 0 Å². The molecule has 0 bridgehead atoms. The van der Waals surface area contributed by atoms with E-state index in [1.54, 1.807) is 18.2 Å². The fraction of sp³-hybridized carbons (Fsp3) is 0.455. The first-order valence-electron chi connectivity index (χ1n) is 5.45. The number of nitrogens with one attached hydrogen (secondary N) is 1. The number of benzene rings is 1. The van der Waals surface area contributed by atoms with Crippen LogP contribution in [0.1, 0.15) is 18.4 Å². The van der Waals surface area contributed by atoms with Crippen molar-refractivity contribution in [1.82, 2.24) is 0 Å². The molecule has 0 unspecified atom stereocenters. The van der Waals surface area contributed by atoms with Crippen LogP contribution in [-0.2, 0) is 16.6 Å². The van der Waals surface area contributed by atoms with E-state index in [9.17, 15) is 8.42 Å². The average molecular weight is 256 g/mol. The maximum absolute atomic E-state index is 11.1. The van der Waals surface area contributed by atoms with E-state index >= 15 is 0 Å². The van der Waals surface area contributed by atoms with Gasteiger partial charge >= 0.3 is 0 Å². The molecule has 94 valence electrons. The van der Waals surface area contributed by atoms with Crippen LogP contribution < -0.4 is 15.2 Å². The molecule has 0 heterocycles. The van der Waals surface area contributed by atoms with E-state index in [4.69, 9.17) is 10.5 Å². The Labute approximate surface area is 101 Å². The maximum atomic E-state index is 11.1. The summed E-state index contributed by atoms with van der Waals surface area (Å²) in [5.74, 6) is 0.744. The number of nitrogens with two attached hydrogens (primary N) is 1. The average Bonchev–Trinajstić information content (AvgIpc) is 3.02. The quantitative estimate of drug-likeness (QED) is 0.825. The first kappa shape index (κ1) is 12.2. The molecule has 1 aromatic rings. The van der Waals surface area contributed by atoms with Crippen molar-refractivity contribution in [1.29, 1.82) is 0 Å². The highest BCUT2D eigenvalue weighted by Crippen LogP contribution is 2.30. The summed E-state index contributed by atoms with van der Waals surface area (Å²) >= 11 is 0. The molecule has 0 aromatic heterocycles. The number of rotatable bonds is 5. The monoisotopic (exact) mass is 256 g/mol. The van der Waals surface area contributed by atoms with E-state index in [2.05, 4.69) is 4.72 Å². The van der Waals surface area contributed by atoms with E-state index in [0.29, 0.717) is 18.3 Å². The molecule has 2 rings (SSSR count). The second-order valence-corrected chi connectivity index (χ2v) is 5.97. The lowest BCUT2D eigenvalue weighted by atomic mass is 10.2. The maximum Gasteiger partial charge on any atom is 0.229 e. The topological polar surface area (TPSA) is 81.4 Å². The molecule has 3 N–H and O–H groups in total. The summed E-state index contributed by atoms with van der Waals surface area (Å²) in [6, 6.07) is 5.14. The van der Waals surface area contributed by atoms with Crippen LogP contribution in [0.3, 0.4) is 0 Å². The summed E-state index contributed by atoms with van der Waals surface area (Å²) in [4.78, 5) is 0. The Morgan fingerprint density at radius 1 is 1.47 bits per heavy atom. The molecule has 0 saturated heterocycles. The number of ether oxygens (including phenoxy) is 1. The second kappa shape index (κ2) is 4.54. The van der Waals surface area contributed by atoms with Gasteiger partial charge in [-0.1, -0.05) is 0 Å².